The molecule has 0 N–H and O–H groups in total. The minimum Gasteiger partial charge on any atom is -0.464 e. The van der Waals surface area contributed by atoms with Crippen LogP contribution in [-0.4, -0.2) is 18.1 Å². The average Bonchev–Trinajstić information content (AvgIpc) is 2.61. The second-order valence-electron chi connectivity index (χ2n) is 3.62. The number of rotatable bonds is 1. The zero-order chi connectivity index (χ0) is 11.8. The van der Waals surface area contributed by atoms with Crippen molar-refractivity contribution in [3.63, 3.8) is 0 Å². The molecular weight excluding hydrogens is 219 g/mol. The second kappa shape index (κ2) is 3.81. The van der Waals surface area contributed by atoms with E-state index in [1.807, 2.05) is 0 Å². The maximum atomic E-state index is 12.4. The van der Waals surface area contributed by atoms with Gasteiger partial charge in [-0.3, -0.25) is 0 Å². The van der Waals surface area contributed by atoms with E-state index in [1.165, 1.54) is 0 Å². The molecule has 0 aliphatic carbocycles. The third-order valence-corrected chi connectivity index (χ3v) is 2.37. The highest BCUT2D eigenvalue weighted by atomic mass is 19.4. The maximum absolute atomic E-state index is 12.4. The topological polar surface area (TPSA) is 21.6 Å². The summed E-state index contributed by atoms with van der Waals surface area (Å²) in [5, 5.41) is 0. The lowest BCUT2D eigenvalue weighted by molar-refractivity contribution is -0.0793. The van der Waals surface area contributed by atoms with Gasteiger partial charge in [0.05, 0.1) is 6.04 Å². The third kappa shape index (κ3) is 2.03. The number of ether oxygens (including phenoxy) is 1. The molecule has 1 heterocycles. The molecule has 5 heteroatoms. The number of alkyl halides is 3. The SMILES string of the molecule is C[C@@H]1N=C(C(F)(F)F)O[C@H]1c1ccccc1. The van der Waals surface area contributed by atoms with Gasteiger partial charge in [-0.1, -0.05) is 30.3 Å². The molecule has 0 saturated carbocycles. The molecule has 1 aliphatic heterocycles. The Morgan fingerprint density at radius 1 is 1.19 bits per heavy atom. The van der Waals surface area contributed by atoms with Crippen LogP contribution in [0.15, 0.2) is 35.3 Å². The van der Waals surface area contributed by atoms with E-state index in [1.54, 1.807) is 37.3 Å². The predicted octanol–water partition coefficient (Wildman–Crippen LogP) is 3.11. The molecule has 0 unspecified atom stereocenters. The lowest BCUT2D eigenvalue weighted by atomic mass is 10.0. The molecule has 16 heavy (non-hydrogen) atoms. The summed E-state index contributed by atoms with van der Waals surface area (Å²) in [5.74, 6) is -1.13. The van der Waals surface area contributed by atoms with Crippen molar-refractivity contribution >= 4 is 5.90 Å². The van der Waals surface area contributed by atoms with Gasteiger partial charge in [-0.25, -0.2) is 4.99 Å². The highest BCUT2D eigenvalue weighted by molar-refractivity contribution is 5.83. The fourth-order valence-corrected chi connectivity index (χ4v) is 1.63. The Morgan fingerprint density at radius 3 is 2.31 bits per heavy atom. The van der Waals surface area contributed by atoms with Crippen LogP contribution < -0.4 is 0 Å². The van der Waals surface area contributed by atoms with E-state index >= 15 is 0 Å². The van der Waals surface area contributed by atoms with E-state index in [0.29, 0.717) is 5.56 Å². The van der Waals surface area contributed by atoms with Gasteiger partial charge in [0, 0.05) is 0 Å². The van der Waals surface area contributed by atoms with Gasteiger partial charge in [0.1, 0.15) is 6.10 Å². The highest BCUT2D eigenvalue weighted by Gasteiger charge is 2.45. The van der Waals surface area contributed by atoms with Crippen LogP contribution in [0.3, 0.4) is 0 Å². The monoisotopic (exact) mass is 229 g/mol. The van der Waals surface area contributed by atoms with Crippen LogP contribution in [-0.2, 0) is 4.74 Å². The molecule has 0 spiro atoms. The Kier molecular flexibility index (Phi) is 2.61. The van der Waals surface area contributed by atoms with Crippen molar-refractivity contribution in [1.29, 1.82) is 0 Å². The number of aliphatic imine (C=N–C) groups is 1. The number of nitrogens with zero attached hydrogens (tertiary/aromatic N) is 1. The van der Waals surface area contributed by atoms with Crippen molar-refractivity contribution in [2.75, 3.05) is 0 Å². The number of hydrogen-bond acceptors (Lipinski definition) is 2. The molecule has 2 rings (SSSR count). The first-order valence-corrected chi connectivity index (χ1v) is 4.85. The van der Waals surface area contributed by atoms with Gasteiger partial charge >= 0.3 is 6.18 Å². The predicted molar refractivity (Wildman–Crippen MR) is 53.2 cm³/mol. The van der Waals surface area contributed by atoms with Crippen molar-refractivity contribution in [3.05, 3.63) is 35.9 Å². The van der Waals surface area contributed by atoms with E-state index in [4.69, 9.17) is 4.74 Å². The van der Waals surface area contributed by atoms with Crippen LogP contribution >= 0.6 is 0 Å². The summed E-state index contributed by atoms with van der Waals surface area (Å²) in [6, 6.07) is 8.27. The summed E-state index contributed by atoms with van der Waals surface area (Å²) in [7, 11) is 0. The Morgan fingerprint density at radius 2 is 1.81 bits per heavy atom. The lowest BCUT2D eigenvalue weighted by Crippen LogP contribution is -2.23. The van der Waals surface area contributed by atoms with E-state index in [2.05, 4.69) is 4.99 Å². The normalized spacial score (nSPS) is 25.1. The molecule has 2 atom stereocenters. The van der Waals surface area contributed by atoms with E-state index in [-0.39, 0.29) is 0 Å². The largest absolute Gasteiger partial charge is 0.468 e. The molecule has 0 amide bonds. The maximum Gasteiger partial charge on any atom is 0.468 e. The van der Waals surface area contributed by atoms with Crippen molar-refractivity contribution in [3.8, 4) is 0 Å². The summed E-state index contributed by atoms with van der Waals surface area (Å²) in [6.07, 6.45) is -5.14. The van der Waals surface area contributed by atoms with E-state index < -0.39 is 24.2 Å². The second-order valence-corrected chi connectivity index (χ2v) is 3.62. The molecule has 1 aromatic carbocycles. The molecule has 0 aromatic heterocycles. The highest BCUT2D eigenvalue weighted by Crippen LogP contribution is 2.34. The van der Waals surface area contributed by atoms with Crippen molar-refractivity contribution in [2.45, 2.75) is 25.2 Å². The quantitative estimate of drug-likeness (QED) is 0.725. The molecule has 0 fully saturated rings. The van der Waals surface area contributed by atoms with E-state index in [9.17, 15) is 13.2 Å². The first-order valence-electron chi connectivity index (χ1n) is 4.85. The summed E-state index contributed by atoms with van der Waals surface area (Å²) in [6.45, 7) is 1.61. The fourth-order valence-electron chi connectivity index (χ4n) is 1.63. The molecule has 0 saturated heterocycles. The summed E-state index contributed by atoms with van der Waals surface area (Å²) in [5.41, 5.74) is 0.706. The minimum atomic E-state index is -4.50. The molecule has 0 radical (unpaired) electrons. The molecule has 1 aliphatic rings. The molecule has 86 valence electrons. The first kappa shape index (κ1) is 11.0. The van der Waals surface area contributed by atoms with Crippen molar-refractivity contribution in [1.82, 2.24) is 0 Å². The molecule has 1 aromatic rings. The average molecular weight is 229 g/mol. The summed E-state index contributed by atoms with van der Waals surface area (Å²) < 4.78 is 42.0. The van der Waals surface area contributed by atoms with E-state index in [0.717, 1.165) is 0 Å². The number of hydrogen-bond donors (Lipinski definition) is 0. The third-order valence-electron chi connectivity index (χ3n) is 2.37. The standard InChI is InChI=1S/C11H10F3NO/c1-7-9(8-5-3-2-4-6-8)16-10(15-7)11(12,13)14/h2-7,9H,1H3/t7-,9+/m0/s1. The van der Waals surface area contributed by atoms with Crippen LogP contribution in [0.4, 0.5) is 13.2 Å². The van der Waals surface area contributed by atoms with Crippen LogP contribution in [0.5, 0.6) is 0 Å². The van der Waals surface area contributed by atoms with Gasteiger partial charge in [0.15, 0.2) is 0 Å². The van der Waals surface area contributed by atoms with Crippen LogP contribution in [0.2, 0.25) is 0 Å². The summed E-state index contributed by atoms with van der Waals surface area (Å²) >= 11 is 0. The van der Waals surface area contributed by atoms with Crippen molar-refractivity contribution in [2.24, 2.45) is 4.99 Å². The van der Waals surface area contributed by atoms with Crippen LogP contribution in [0.25, 0.3) is 0 Å². The smallest absolute Gasteiger partial charge is 0.464 e. The number of halogens is 3. The summed E-state index contributed by atoms with van der Waals surface area (Å²) in [4.78, 5) is 3.49. The fraction of sp³-hybridized carbons (Fsp3) is 0.364. The molecular formula is C11H10F3NO. The zero-order valence-electron chi connectivity index (χ0n) is 8.53. The van der Waals surface area contributed by atoms with Crippen LogP contribution in [0.1, 0.15) is 18.6 Å². The Balaban J connectivity index is 2.19. The first-order chi connectivity index (χ1) is 7.48. The minimum absolute atomic E-state index is 0.515. The number of benzene rings is 1. The lowest BCUT2D eigenvalue weighted by Gasteiger charge is -2.15. The van der Waals surface area contributed by atoms with Crippen molar-refractivity contribution < 1.29 is 17.9 Å². The Hall–Kier alpha value is -1.52. The van der Waals surface area contributed by atoms with Gasteiger partial charge in [0.25, 0.3) is 5.90 Å². The van der Waals surface area contributed by atoms with Gasteiger partial charge in [-0.15, -0.1) is 0 Å². The molecule has 2 nitrogen and oxygen atoms in total. The van der Waals surface area contributed by atoms with Gasteiger partial charge in [-0.05, 0) is 12.5 Å². The Labute approximate surface area is 90.8 Å². The van der Waals surface area contributed by atoms with Gasteiger partial charge < -0.3 is 4.74 Å². The Bertz CT molecular complexity index is 399. The zero-order valence-corrected chi connectivity index (χ0v) is 8.53. The van der Waals surface area contributed by atoms with Gasteiger partial charge in [0.2, 0.25) is 0 Å². The van der Waals surface area contributed by atoms with Crippen LogP contribution in [0, 0.1) is 0 Å². The van der Waals surface area contributed by atoms with Gasteiger partial charge in [-0.2, -0.15) is 13.2 Å². The molecule has 0 bridgehead atoms.